The molecule has 4 heteroatoms. The molecule has 3 nitrogen and oxygen atoms in total. The summed E-state index contributed by atoms with van der Waals surface area (Å²) >= 11 is 0. The van der Waals surface area contributed by atoms with Crippen LogP contribution in [0.5, 0.6) is 0 Å². The van der Waals surface area contributed by atoms with E-state index < -0.39 is 6.04 Å². The van der Waals surface area contributed by atoms with Crippen molar-refractivity contribution in [3.8, 4) is 0 Å². The van der Waals surface area contributed by atoms with Crippen LogP contribution >= 0.6 is 0 Å². The highest BCUT2D eigenvalue weighted by Gasteiger charge is 2.33. The van der Waals surface area contributed by atoms with Crippen molar-refractivity contribution >= 4 is 5.91 Å². The minimum atomic E-state index is -0.394. The number of nitrogens with one attached hydrogen (secondary N) is 2. The first-order valence-electron chi connectivity index (χ1n) is 8.86. The summed E-state index contributed by atoms with van der Waals surface area (Å²) in [7, 11) is 0. The van der Waals surface area contributed by atoms with Gasteiger partial charge in [0.15, 0.2) is 0 Å². The number of rotatable bonds is 5. The van der Waals surface area contributed by atoms with Crippen LogP contribution in [0.2, 0.25) is 0 Å². The van der Waals surface area contributed by atoms with E-state index in [1.165, 1.54) is 25.0 Å². The summed E-state index contributed by atoms with van der Waals surface area (Å²) in [5, 5.41) is 6.66. The zero-order valence-corrected chi connectivity index (χ0v) is 14.0. The third-order valence-corrected chi connectivity index (χ3v) is 5.48. The molecule has 2 saturated carbocycles. The van der Waals surface area contributed by atoms with Gasteiger partial charge in [-0.15, -0.1) is 0 Å². The topological polar surface area (TPSA) is 41.1 Å². The van der Waals surface area contributed by atoms with E-state index in [0.29, 0.717) is 23.9 Å². The van der Waals surface area contributed by atoms with E-state index in [1.807, 2.05) is 0 Å². The summed E-state index contributed by atoms with van der Waals surface area (Å²) in [5.74, 6) is 0.960. The molecule has 0 aliphatic heterocycles. The van der Waals surface area contributed by atoms with E-state index in [4.69, 9.17) is 0 Å². The molecule has 2 aliphatic rings. The van der Waals surface area contributed by atoms with Crippen LogP contribution in [0.3, 0.4) is 0 Å². The lowest BCUT2D eigenvalue weighted by Gasteiger charge is -2.37. The standard InChI is InChI=1S/C19H27FN2O/c1-12-4-3-5-17(13(12)2)22-18(19(23)21-16-10-11-16)14-6-8-15(20)9-7-14/h6-9,12-13,16-18,22H,3-5,10-11H2,1-2H3,(H,21,23). The lowest BCUT2D eigenvalue weighted by Crippen LogP contribution is -2.47. The predicted molar refractivity (Wildman–Crippen MR) is 89.4 cm³/mol. The highest BCUT2D eigenvalue weighted by molar-refractivity contribution is 5.83. The maximum Gasteiger partial charge on any atom is 0.241 e. The van der Waals surface area contributed by atoms with Gasteiger partial charge >= 0.3 is 0 Å². The predicted octanol–water partition coefficient (Wildman–Crippen LogP) is 3.56. The van der Waals surface area contributed by atoms with Crippen LogP contribution in [-0.2, 0) is 4.79 Å². The molecule has 4 atom stereocenters. The van der Waals surface area contributed by atoms with Crippen molar-refractivity contribution in [2.24, 2.45) is 11.8 Å². The smallest absolute Gasteiger partial charge is 0.241 e. The highest BCUT2D eigenvalue weighted by Crippen LogP contribution is 2.31. The molecule has 1 amide bonds. The Labute approximate surface area is 138 Å². The Morgan fingerprint density at radius 2 is 1.83 bits per heavy atom. The van der Waals surface area contributed by atoms with Gasteiger partial charge in [-0.2, -0.15) is 0 Å². The van der Waals surface area contributed by atoms with Gasteiger partial charge in [-0.3, -0.25) is 10.1 Å². The minimum Gasteiger partial charge on any atom is -0.352 e. The maximum atomic E-state index is 13.2. The molecule has 23 heavy (non-hydrogen) atoms. The molecule has 2 fully saturated rings. The monoisotopic (exact) mass is 318 g/mol. The van der Waals surface area contributed by atoms with Crippen LogP contribution in [0.25, 0.3) is 0 Å². The molecule has 1 aromatic carbocycles. The summed E-state index contributed by atoms with van der Waals surface area (Å²) in [6.07, 6.45) is 5.69. The van der Waals surface area contributed by atoms with Gasteiger partial charge in [0.05, 0.1) is 0 Å². The van der Waals surface area contributed by atoms with E-state index >= 15 is 0 Å². The largest absolute Gasteiger partial charge is 0.352 e. The van der Waals surface area contributed by atoms with Crippen molar-refractivity contribution in [3.63, 3.8) is 0 Å². The number of hydrogen-bond acceptors (Lipinski definition) is 2. The number of carbonyl (C=O) groups excluding carboxylic acids is 1. The van der Waals surface area contributed by atoms with Gasteiger partial charge in [-0.1, -0.05) is 38.8 Å². The van der Waals surface area contributed by atoms with Crippen molar-refractivity contribution < 1.29 is 9.18 Å². The number of amides is 1. The fourth-order valence-corrected chi connectivity index (χ4v) is 3.52. The van der Waals surface area contributed by atoms with Crippen LogP contribution in [0, 0.1) is 17.7 Å². The summed E-state index contributed by atoms with van der Waals surface area (Å²) in [4.78, 5) is 12.7. The van der Waals surface area contributed by atoms with Gasteiger partial charge in [-0.05, 0) is 48.8 Å². The van der Waals surface area contributed by atoms with E-state index in [0.717, 1.165) is 24.8 Å². The fourth-order valence-electron chi connectivity index (χ4n) is 3.52. The molecule has 0 spiro atoms. The summed E-state index contributed by atoms with van der Waals surface area (Å²) in [6.45, 7) is 4.55. The van der Waals surface area contributed by atoms with Crippen molar-refractivity contribution in [2.75, 3.05) is 0 Å². The Morgan fingerprint density at radius 1 is 1.13 bits per heavy atom. The zero-order chi connectivity index (χ0) is 16.4. The summed E-state index contributed by atoms with van der Waals surface area (Å²) in [6, 6.07) is 6.57. The number of benzene rings is 1. The number of carbonyl (C=O) groups is 1. The zero-order valence-electron chi connectivity index (χ0n) is 14.0. The first-order valence-corrected chi connectivity index (χ1v) is 8.86. The summed E-state index contributed by atoms with van der Waals surface area (Å²) in [5.41, 5.74) is 0.843. The lowest BCUT2D eigenvalue weighted by molar-refractivity contribution is -0.123. The van der Waals surface area contributed by atoms with Crippen LogP contribution in [0.4, 0.5) is 4.39 Å². The maximum absolute atomic E-state index is 13.2. The Morgan fingerprint density at radius 3 is 2.48 bits per heavy atom. The normalized spacial score (nSPS) is 29.1. The first kappa shape index (κ1) is 16.4. The minimum absolute atomic E-state index is 0.0181. The molecule has 0 radical (unpaired) electrons. The van der Waals surface area contributed by atoms with Crippen LogP contribution in [0.1, 0.15) is 57.6 Å². The fraction of sp³-hybridized carbons (Fsp3) is 0.632. The molecular formula is C19H27FN2O. The molecule has 0 aromatic heterocycles. The molecule has 1 aromatic rings. The second-order valence-electron chi connectivity index (χ2n) is 7.31. The molecule has 2 N–H and O–H groups in total. The van der Waals surface area contributed by atoms with Crippen LogP contribution in [0.15, 0.2) is 24.3 Å². The van der Waals surface area contributed by atoms with E-state index in [-0.39, 0.29) is 11.7 Å². The molecular weight excluding hydrogens is 291 g/mol. The average molecular weight is 318 g/mol. The first-order chi connectivity index (χ1) is 11.0. The van der Waals surface area contributed by atoms with E-state index in [9.17, 15) is 9.18 Å². The lowest BCUT2D eigenvalue weighted by atomic mass is 9.77. The van der Waals surface area contributed by atoms with Gasteiger partial charge in [-0.25, -0.2) is 4.39 Å². The Hall–Kier alpha value is -1.42. The summed E-state index contributed by atoms with van der Waals surface area (Å²) < 4.78 is 13.2. The van der Waals surface area contributed by atoms with Gasteiger partial charge in [0.2, 0.25) is 5.91 Å². The molecule has 0 bridgehead atoms. The highest BCUT2D eigenvalue weighted by atomic mass is 19.1. The average Bonchev–Trinajstić information content (AvgIpc) is 3.34. The Balaban J connectivity index is 1.76. The van der Waals surface area contributed by atoms with Crippen molar-refractivity contribution in [1.82, 2.24) is 10.6 Å². The van der Waals surface area contributed by atoms with Gasteiger partial charge < -0.3 is 5.32 Å². The van der Waals surface area contributed by atoms with E-state index in [1.54, 1.807) is 12.1 Å². The van der Waals surface area contributed by atoms with Crippen molar-refractivity contribution in [1.29, 1.82) is 0 Å². The van der Waals surface area contributed by atoms with Crippen molar-refractivity contribution in [2.45, 2.75) is 64.1 Å². The molecule has 4 unspecified atom stereocenters. The van der Waals surface area contributed by atoms with Crippen molar-refractivity contribution in [3.05, 3.63) is 35.6 Å². The number of halogens is 1. The number of hydrogen-bond donors (Lipinski definition) is 2. The van der Waals surface area contributed by atoms with Crippen LogP contribution < -0.4 is 10.6 Å². The molecule has 0 heterocycles. The van der Waals surface area contributed by atoms with Gasteiger partial charge in [0.1, 0.15) is 11.9 Å². The molecule has 0 saturated heterocycles. The van der Waals surface area contributed by atoms with Crippen LogP contribution in [-0.4, -0.2) is 18.0 Å². The quantitative estimate of drug-likeness (QED) is 0.871. The third kappa shape index (κ3) is 4.11. The molecule has 2 aliphatic carbocycles. The van der Waals surface area contributed by atoms with E-state index in [2.05, 4.69) is 24.5 Å². The second-order valence-corrected chi connectivity index (χ2v) is 7.31. The van der Waals surface area contributed by atoms with Gasteiger partial charge in [0, 0.05) is 12.1 Å². The molecule has 126 valence electrons. The Bertz CT molecular complexity index is 541. The second kappa shape index (κ2) is 7.00. The third-order valence-electron chi connectivity index (χ3n) is 5.48. The molecule has 3 rings (SSSR count). The Kier molecular flexibility index (Phi) is 5.00. The SMILES string of the molecule is CC1CCCC(NC(C(=O)NC2CC2)c2ccc(F)cc2)C1C. The van der Waals surface area contributed by atoms with Gasteiger partial charge in [0.25, 0.3) is 0 Å².